The Bertz CT molecular complexity index is 726. The van der Waals surface area contributed by atoms with Crippen LogP contribution >= 0.6 is 0 Å². The summed E-state index contributed by atoms with van der Waals surface area (Å²) in [5, 5.41) is 9.18. The van der Waals surface area contributed by atoms with Crippen LogP contribution in [0.4, 0.5) is 0 Å². The number of carboxylic acids is 1. The Balaban J connectivity index is 2.18. The molecule has 0 amide bonds. The van der Waals surface area contributed by atoms with E-state index in [4.69, 9.17) is 4.74 Å². The van der Waals surface area contributed by atoms with Crippen LogP contribution in [-0.2, 0) is 21.2 Å². The predicted molar refractivity (Wildman–Crippen MR) is 77.0 cm³/mol. The molecule has 0 aliphatic rings. The Labute approximate surface area is 127 Å². The number of hydrogen-bond donors (Lipinski definition) is 3. The number of rotatable bonds is 7. The number of aromatic amines is 1. The first-order valence-corrected chi connectivity index (χ1v) is 7.77. The number of benzene rings is 1. The summed E-state index contributed by atoms with van der Waals surface area (Å²) in [6, 6.07) is 4.36. The van der Waals surface area contributed by atoms with E-state index in [1.54, 1.807) is 0 Å². The third kappa shape index (κ3) is 3.83. The van der Waals surface area contributed by atoms with Crippen LogP contribution in [0, 0.1) is 0 Å². The molecule has 1 aromatic carbocycles. The van der Waals surface area contributed by atoms with Crippen LogP contribution in [0.15, 0.2) is 41.7 Å². The molecule has 0 fully saturated rings. The lowest BCUT2D eigenvalue weighted by Gasteiger charge is -2.14. The highest BCUT2D eigenvalue weighted by Gasteiger charge is 2.26. The molecule has 0 saturated carbocycles. The van der Waals surface area contributed by atoms with Crippen LogP contribution in [0.2, 0.25) is 0 Å². The molecule has 0 aliphatic heterocycles. The Morgan fingerprint density at radius 2 is 2.09 bits per heavy atom. The van der Waals surface area contributed by atoms with Crippen molar-refractivity contribution in [1.82, 2.24) is 14.7 Å². The number of sulfonamides is 1. The van der Waals surface area contributed by atoms with Gasteiger partial charge in [0.2, 0.25) is 10.0 Å². The van der Waals surface area contributed by atoms with E-state index in [0.29, 0.717) is 11.4 Å². The lowest BCUT2D eigenvalue weighted by molar-refractivity contribution is -0.138. The molecule has 0 radical (unpaired) electrons. The van der Waals surface area contributed by atoms with E-state index in [2.05, 4.69) is 14.7 Å². The molecule has 0 aliphatic carbocycles. The molecule has 0 saturated heterocycles. The first-order chi connectivity index (χ1) is 10.4. The Morgan fingerprint density at radius 1 is 1.41 bits per heavy atom. The van der Waals surface area contributed by atoms with Crippen molar-refractivity contribution in [3.05, 3.63) is 42.5 Å². The highest BCUT2D eigenvalue weighted by atomic mass is 32.2. The topological polar surface area (TPSA) is 121 Å². The number of imidazole rings is 1. The first kappa shape index (κ1) is 16.0. The van der Waals surface area contributed by atoms with Crippen molar-refractivity contribution in [2.24, 2.45) is 0 Å². The average Bonchev–Trinajstić information content (AvgIpc) is 2.99. The van der Waals surface area contributed by atoms with Gasteiger partial charge in [0.05, 0.1) is 18.3 Å². The fourth-order valence-electron chi connectivity index (χ4n) is 1.81. The van der Waals surface area contributed by atoms with Crippen LogP contribution < -0.4 is 9.46 Å². The summed E-state index contributed by atoms with van der Waals surface area (Å²) in [5.74, 6) is -0.766. The van der Waals surface area contributed by atoms with E-state index in [1.807, 2.05) is 0 Å². The van der Waals surface area contributed by atoms with Gasteiger partial charge in [0.1, 0.15) is 11.8 Å². The minimum Gasteiger partial charge on any atom is -0.497 e. The third-order valence-corrected chi connectivity index (χ3v) is 4.43. The Kier molecular flexibility index (Phi) is 4.78. The van der Waals surface area contributed by atoms with Gasteiger partial charge in [-0.15, -0.1) is 0 Å². The van der Waals surface area contributed by atoms with Gasteiger partial charge in [0.15, 0.2) is 0 Å². The second kappa shape index (κ2) is 6.58. The van der Waals surface area contributed by atoms with Crippen LogP contribution in [0.1, 0.15) is 5.69 Å². The summed E-state index contributed by atoms with van der Waals surface area (Å²) in [6.45, 7) is 0. The Morgan fingerprint density at radius 3 is 2.59 bits per heavy atom. The fraction of sp³-hybridized carbons (Fsp3) is 0.231. The highest BCUT2D eigenvalue weighted by molar-refractivity contribution is 7.89. The highest BCUT2D eigenvalue weighted by Crippen LogP contribution is 2.16. The van der Waals surface area contributed by atoms with E-state index in [9.17, 15) is 18.3 Å². The standard InChI is InChI=1S/C13H15N3O5S/c1-21-10-2-4-11(5-3-10)22(19,20)16-12(13(17)18)6-9-7-14-8-15-9/h2-5,7-8,12,16H,6H2,1H3,(H,14,15)(H,17,18)/t12-/m1/s1. The minimum absolute atomic E-state index is 0.0370. The molecule has 8 nitrogen and oxygen atoms in total. The third-order valence-electron chi connectivity index (χ3n) is 2.94. The van der Waals surface area contributed by atoms with E-state index in [0.717, 1.165) is 0 Å². The summed E-state index contributed by atoms with van der Waals surface area (Å²) in [7, 11) is -2.49. The number of nitrogens with one attached hydrogen (secondary N) is 2. The number of carboxylic acid groups (broad SMARTS) is 1. The van der Waals surface area contributed by atoms with Gasteiger partial charge in [-0.25, -0.2) is 13.4 Å². The van der Waals surface area contributed by atoms with Gasteiger partial charge < -0.3 is 14.8 Å². The lowest BCUT2D eigenvalue weighted by atomic mass is 10.2. The van der Waals surface area contributed by atoms with Gasteiger partial charge in [-0.05, 0) is 24.3 Å². The zero-order valence-corrected chi connectivity index (χ0v) is 12.5. The molecule has 3 N–H and O–H groups in total. The van der Waals surface area contributed by atoms with Crippen LogP contribution in [0.5, 0.6) is 5.75 Å². The van der Waals surface area contributed by atoms with Crippen molar-refractivity contribution in [1.29, 1.82) is 0 Å². The number of carbonyl (C=O) groups is 1. The molecule has 1 aromatic heterocycles. The summed E-state index contributed by atoms with van der Waals surface area (Å²) in [5.41, 5.74) is 0.518. The predicted octanol–water partition coefficient (Wildman–Crippen LogP) is 0.392. The fourth-order valence-corrected chi connectivity index (χ4v) is 3.00. The molecule has 22 heavy (non-hydrogen) atoms. The quantitative estimate of drug-likeness (QED) is 0.677. The zero-order chi connectivity index (χ0) is 16.2. The van der Waals surface area contributed by atoms with E-state index in [1.165, 1.54) is 43.9 Å². The minimum atomic E-state index is -3.95. The van der Waals surface area contributed by atoms with E-state index in [-0.39, 0.29) is 11.3 Å². The maximum Gasteiger partial charge on any atom is 0.322 e. The number of nitrogens with zero attached hydrogens (tertiary/aromatic N) is 1. The van der Waals surface area contributed by atoms with Crippen molar-refractivity contribution < 1.29 is 23.1 Å². The summed E-state index contributed by atoms with van der Waals surface area (Å²) < 4.78 is 31.6. The van der Waals surface area contributed by atoms with Crippen LogP contribution in [0.25, 0.3) is 0 Å². The number of aromatic nitrogens is 2. The molecular weight excluding hydrogens is 310 g/mol. The summed E-state index contributed by atoms with van der Waals surface area (Å²) >= 11 is 0. The number of H-pyrrole nitrogens is 1. The number of hydrogen-bond acceptors (Lipinski definition) is 5. The second-order valence-electron chi connectivity index (χ2n) is 4.47. The largest absolute Gasteiger partial charge is 0.497 e. The second-order valence-corrected chi connectivity index (χ2v) is 6.18. The monoisotopic (exact) mass is 325 g/mol. The zero-order valence-electron chi connectivity index (χ0n) is 11.7. The van der Waals surface area contributed by atoms with Gasteiger partial charge in [0.25, 0.3) is 0 Å². The average molecular weight is 325 g/mol. The van der Waals surface area contributed by atoms with Crippen molar-refractivity contribution in [2.75, 3.05) is 7.11 Å². The van der Waals surface area contributed by atoms with Gasteiger partial charge >= 0.3 is 5.97 Å². The lowest BCUT2D eigenvalue weighted by Crippen LogP contribution is -2.42. The van der Waals surface area contributed by atoms with Crippen LogP contribution in [0.3, 0.4) is 0 Å². The van der Waals surface area contributed by atoms with Crippen molar-refractivity contribution >= 4 is 16.0 Å². The summed E-state index contributed by atoms with van der Waals surface area (Å²) in [4.78, 5) is 17.7. The molecule has 2 rings (SSSR count). The smallest absolute Gasteiger partial charge is 0.322 e. The van der Waals surface area contributed by atoms with Crippen molar-refractivity contribution in [3.8, 4) is 5.75 Å². The van der Waals surface area contributed by atoms with Gasteiger partial charge in [-0.3, -0.25) is 4.79 Å². The molecular formula is C13H15N3O5S. The van der Waals surface area contributed by atoms with Gasteiger partial charge in [0, 0.05) is 18.3 Å². The normalized spacial score (nSPS) is 12.8. The maximum absolute atomic E-state index is 12.2. The van der Waals surface area contributed by atoms with Crippen molar-refractivity contribution in [3.63, 3.8) is 0 Å². The maximum atomic E-state index is 12.2. The Hall–Kier alpha value is -2.39. The van der Waals surface area contributed by atoms with Gasteiger partial charge in [-0.2, -0.15) is 4.72 Å². The van der Waals surface area contributed by atoms with Crippen LogP contribution in [-0.4, -0.2) is 42.6 Å². The molecule has 2 aromatic rings. The number of aliphatic carboxylic acids is 1. The van der Waals surface area contributed by atoms with Gasteiger partial charge in [-0.1, -0.05) is 0 Å². The molecule has 9 heteroatoms. The van der Waals surface area contributed by atoms with Crippen molar-refractivity contribution in [2.45, 2.75) is 17.4 Å². The number of ether oxygens (including phenoxy) is 1. The molecule has 0 unspecified atom stereocenters. The SMILES string of the molecule is COc1ccc(S(=O)(=O)N[C@H](Cc2cnc[nH]2)C(=O)O)cc1. The molecule has 0 bridgehead atoms. The molecule has 118 valence electrons. The molecule has 1 atom stereocenters. The molecule has 0 spiro atoms. The van der Waals surface area contributed by atoms with E-state index < -0.39 is 22.0 Å². The van der Waals surface area contributed by atoms with E-state index >= 15 is 0 Å². The summed E-state index contributed by atoms with van der Waals surface area (Å²) in [6.07, 6.45) is 2.80. The first-order valence-electron chi connectivity index (χ1n) is 6.29. The molecule has 1 heterocycles. The number of methoxy groups -OCH3 is 1.